The number of aliphatic carboxylic acids is 1. The Morgan fingerprint density at radius 1 is 1.60 bits per heavy atom. The molecule has 0 radical (unpaired) electrons. The first-order chi connectivity index (χ1) is 7.09. The zero-order chi connectivity index (χ0) is 11.0. The van der Waals surface area contributed by atoms with Crippen LogP contribution in [0.5, 0.6) is 5.75 Å². The predicted octanol–water partition coefficient (Wildman–Crippen LogP) is 1.54. The number of halogens is 1. The molecule has 1 aliphatic rings. The molecule has 2 rings (SSSR count). The van der Waals surface area contributed by atoms with E-state index in [1.807, 2.05) is 6.07 Å². The Balaban J connectivity index is 2.40. The van der Waals surface area contributed by atoms with Crippen LogP contribution < -0.4 is 10.5 Å². The Morgan fingerprint density at radius 2 is 2.33 bits per heavy atom. The van der Waals surface area contributed by atoms with Crippen molar-refractivity contribution in [2.75, 3.05) is 6.61 Å². The maximum atomic E-state index is 10.9. The third kappa shape index (κ3) is 1.85. The standard InChI is InChI=1S/C10H10BrNO3/c11-5-1-2-8-6(3-5)9(12)7(4-15-8)10(13)14/h1-3,7,9H,4,12H2,(H,13,14). The van der Waals surface area contributed by atoms with Crippen molar-refractivity contribution in [3.63, 3.8) is 0 Å². The Hall–Kier alpha value is -1.07. The van der Waals surface area contributed by atoms with Gasteiger partial charge in [0.2, 0.25) is 0 Å². The largest absolute Gasteiger partial charge is 0.492 e. The van der Waals surface area contributed by atoms with E-state index in [0.29, 0.717) is 5.75 Å². The van der Waals surface area contributed by atoms with Crippen molar-refractivity contribution in [1.82, 2.24) is 0 Å². The van der Waals surface area contributed by atoms with Crippen LogP contribution in [0.2, 0.25) is 0 Å². The highest BCUT2D eigenvalue weighted by atomic mass is 79.9. The highest BCUT2D eigenvalue weighted by Crippen LogP contribution is 2.35. The van der Waals surface area contributed by atoms with Crippen LogP contribution in [0.1, 0.15) is 11.6 Å². The molecule has 2 unspecified atom stereocenters. The number of nitrogens with two attached hydrogens (primary N) is 1. The van der Waals surface area contributed by atoms with E-state index in [1.54, 1.807) is 12.1 Å². The van der Waals surface area contributed by atoms with Crippen molar-refractivity contribution in [1.29, 1.82) is 0 Å². The van der Waals surface area contributed by atoms with Gasteiger partial charge in [0.15, 0.2) is 0 Å². The molecule has 5 heteroatoms. The lowest BCUT2D eigenvalue weighted by Crippen LogP contribution is -2.36. The molecule has 1 aliphatic heterocycles. The van der Waals surface area contributed by atoms with Gasteiger partial charge in [-0.05, 0) is 18.2 Å². The topological polar surface area (TPSA) is 72.5 Å². The summed E-state index contributed by atoms with van der Waals surface area (Å²) in [6.45, 7) is 0.130. The molecule has 2 atom stereocenters. The Bertz CT molecular complexity index is 408. The number of carboxylic acid groups (broad SMARTS) is 1. The fourth-order valence-electron chi connectivity index (χ4n) is 1.64. The quantitative estimate of drug-likeness (QED) is 0.813. The fourth-order valence-corrected chi connectivity index (χ4v) is 2.01. The minimum absolute atomic E-state index is 0.130. The molecule has 1 heterocycles. The summed E-state index contributed by atoms with van der Waals surface area (Å²) >= 11 is 3.32. The highest BCUT2D eigenvalue weighted by Gasteiger charge is 2.33. The van der Waals surface area contributed by atoms with Crippen LogP contribution in [0.25, 0.3) is 0 Å². The molecule has 0 saturated carbocycles. The lowest BCUT2D eigenvalue weighted by molar-refractivity contribution is -0.144. The summed E-state index contributed by atoms with van der Waals surface area (Å²) in [7, 11) is 0. The molecule has 0 aliphatic carbocycles. The van der Waals surface area contributed by atoms with E-state index in [0.717, 1.165) is 10.0 Å². The van der Waals surface area contributed by atoms with Crippen molar-refractivity contribution in [2.45, 2.75) is 6.04 Å². The molecule has 0 amide bonds. The molecule has 3 N–H and O–H groups in total. The third-order valence-electron chi connectivity index (χ3n) is 2.50. The van der Waals surface area contributed by atoms with Gasteiger partial charge in [-0.3, -0.25) is 4.79 Å². The number of rotatable bonds is 1. The first-order valence-electron chi connectivity index (χ1n) is 4.50. The molecule has 0 bridgehead atoms. The molecule has 1 aromatic rings. The summed E-state index contributed by atoms with van der Waals surface area (Å²) in [4.78, 5) is 10.9. The van der Waals surface area contributed by atoms with Crippen LogP contribution in [-0.2, 0) is 4.79 Å². The van der Waals surface area contributed by atoms with E-state index >= 15 is 0 Å². The zero-order valence-electron chi connectivity index (χ0n) is 7.81. The van der Waals surface area contributed by atoms with E-state index in [-0.39, 0.29) is 6.61 Å². The number of hydrogen-bond acceptors (Lipinski definition) is 3. The number of fused-ring (bicyclic) bond motifs is 1. The van der Waals surface area contributed by atoms with Gasteiger partial charge in [-0.2, -0.15) is 0 Å². The molecule has 0 spiro atoms. The minimum atomic E-state index is -0.923. The molecule has 1 aromatic carbocycles. The lowest BCUT2D eigenvalue weighted by Gasteiger charge is -2.28. The maximum absolute atomic E-state index is 10.9. The van der Waals surface area contributed by atoms with E-state index < -0.39 is 17.9 Å². The van der Waals surface area contributed by atoms with Crippen molar-refractivity contribution in [3.8, 4) is 5.75 Å². The Kier molecular flexibility index (Phi) is 2.67. The highest BCUT2D eigenvalue weighted by molar-refractivity contribution is 9.10. The molecular formula is C10H10BrNO3. The molecule has 0 fully saturated rings. The summed E-state index contributed by atoms with van der Waals surface area (Å²) < 4.78 is 6.21. The molecule has 0 aromatic heterocycles. The fraction of sp³-hybridized carbons (Fsp3) is 0.300. The van der Waals surface area contributed by atoms with Crippen LogP contribution in [-0.4, -0.2) is 17.7 Å². The SMILES string of the molecule is NC1c2cc(Br)ccc2OCC1C(=O)O. The first-order valence-corrected chi connectivity index (χ1v) is 5.29. The van der Waals surface area contributed by atoms with Gasteiger partial charge < -0.3 is 15.6 Å². The average molecular weight is 272 g/mol. The maximum Gasteiger partial charge on any atom is 0.311 e. The third-order valence-corrected chi connectivity index (χ3v) is 2.99. The van der Waals surface area contributed by atoms with Gasteiger partial charge in [-0.15, -0.1) is 0 Å². The Morgan fingerprint density at radius 3 is 3.00 bits per heavy atom. The molecule has 80 valence electrons. The van der Waals surface area contributed by atoms with Crippen LogP contribution in [0.4, 0.5) is 0 Å². The van der Waals surface area contributed by atoms with E-state index in [2.05, 4.69) is 15.9 Å². The number of ether oxygens (including phenoxy) is 1. The summed E-state index contributed by atoms with van der Waals surface area (Å²) in [5.74, 6) is -0.928. The summed E-state index contributed by atoms with van der Waals surface area (Å²) in [6.07, 6.45) is 0. The van der Waals surface area contributed by atoms with Gasteiger partial charge in [0, 0.05) is 10.0 Å². The Labute approximate surface area is 95.2 Å². The number of benzene rings is 1. The van der Waals surface area contributed by atoms with Crippen LogP contribution in [0, 0.1) is 5.92 Å². The normalized spacial score (nSPS) is 24.1. The van der Waals surface area contributed by atoms with Gasteiger partial charge in [0.1, 0.15) is 18.3 Å². The lowest BCUT2D eigenvalue weighted by atomic mass is 9.91. The van der Waals surface area contributed by atoms with Gasteiger partial charge in [-0.1, -0.05) is 15.9 Å². The van der Waals surface area contributed by atoms with Gasteiger partial charge >= 0.3 is 5.97 Å². The van der Waals surface area contributed by atoms with Gasteiger partial charge in [0.05, 0.1) is 6.04 Å². The smallest absolute Gasteiger partial charge is 0.311 e. The number of carboxylic acids is 1. The van der Waals surface area contributed by atoms with Crippen molar-refractivity contribution >= 4 is 21.9 Å². The summed E-state index contributed by atoms with van der Waals surface area (Å²) in [5.41, 5.74) is 6.62. The first kappa shape index (κ1) is 10.4. The van der Waals surface area contributed by atoms with Crippen LogP contribution in [0.3, 0.4) is 0 Å². The molecule has 4 nitrogen and oxygen atoms in total. The monoisotopic (exact) mass is 271 g/mol. The van der Waals surface area contributed by atoms with Crippen molar-refractivity contribution in [2.24, 2.45) is 11.7 Å². The molecule has 0 saturated heterocycles. The second kappa shape index (κ2) is 3.83. The second-order valence-electron chi connectivity index (χ2n) is 3.46. The second-order valence-corrected chi connectivity index (χ2v) is 4.38. The van der Waals surface area contributed by atoms with E-state index in [1.165, 1.54) is 0 Å². The number of hydrogen-bond donors (Lipinski definition) is 2. The molecule has 15 heavy (non-hydrogen) atoms. The van der Waals surface area contributed by atoms with Crippen LogP contribution in [0.15, 0.2) is 22.7 Å². The van der Waals surface area contributed by atoms with E-state index in [9.17, 15) is 4.79 Å². The zero-order valence-corrected chi connectivity index (χ0v) is 9.40. The van der Waals surface area contributed by atoms with E-state index in [4.69, 9.17) is 15.6 Å². The van der Waals surface area contributed by atoms with Crippen molar-refractivity contribution in [3.05, 3.63) is 28.2 Å². The number of carbonyl (C=O) groups is 1. The minimum Gasteiger partial charge on any atom is -0.492 e. The van der Waals surface area contributed by atoms with Gasteiger partial charge in [0.25, 0.3) is 0 Å². The van der Waals surface area contributed by atoms with Crippen LogP contribution >= 0.6 is 15.9 Å². The summed E-state index contributed by atoms with van der Waals surface area (Å²) in [6, 6.07) is 4.92. The predicted molar refractivity (Wildman–Crippen MR) is 57.7 cm³/mol. The molecular weight excluding hydrogens is 262 g/mol. The van der Waals surface area contributed by atoms with Gasteiger partial charge in [-0.25, -0.2) is 0 Å². The van der Waals surface area contributed by atoms with Crippen molar-refractivity contribution < 1.29 is 14.6 Å². The average Bonchev–Trinajstić information content (AvgIpc) is 2.19. The summed E-state index contributed by atoms with van der Waals surface area (Å²) in [5, 5.41) is 8.93.